The van der Waals surface area contributed by atoms with E-state index in [-0.39, 0.29) is 17.5 Å². The molecule has 1 aromatic carbocycles. The van der Waals surface area contributed by atoms with Crippen molar-refractivity contribution in [1.82, 2.24) is 0 Å². The molecular weight excluding hydrogens is 320 g/mol. The SMILES string of the molecule is Cc1c(N(C)S(C)(=O)=O)ccc([N+](=O)[O-])c1OC1CCCCC1. The molecule has 0 N–H and O–H groups in total. The van der Waals surface area contributed by atoms with Gasteiger partial charge in [0.2, 0.25) is 15.8 Å². The number of ether oxygens (including phenoxy) is 1. The molecule has 0 heterocycles. The van der Waals surface area contributed by atoms with Crippen LogP contribution in [0.25, 0.3) is 0 Å². The van der Waals surface area contributed by atoms with Gasteiger partial charge in [-0.3, -0.25) is 14.4 Å². The molecule has 0 radical (unpaired) electrons. The molecular formula is C15H22N2O5S. The first-order chi connectivity index (χ1) is 10.7. The van der Waals surface area contributed by atoms with E-state index in [9.17, 15) is 18.5 Å². The summed E-state index contributed by atoms with van der Waals surface area (Å²) in [5, 5.41) is 11.3. The van der Waals surface area contributed by atoms with Gasteiger partial charge in [0.05, 0.1) is 23.0 Å². The van der Waals surface area contributed by atoms with Crippen LogP contribution in [-0.2, 0) is 10.0 Å². The van der Waals surface area contributed by atoms with Crippen molar-refractivity contribution in [3.8, 4) is 5.75 Å². The van der Waals surface area contributed by atoms with Crippen molar-refractivity contribution in [2.45, 2.75) is 45.1 Å². The molecule has 1 saturated carbocycles. The summed E-state index contributed by atoms with van der Waals surface area (Å²) < 4.78 is 30.5. The maximum Gasteiger partial charge on any atom is 0.311 e. The Labute approximate surface area is 136 Å². The fraction of sp³-hybridized carbons (Fsp3) is 0.600. The van der Waals surface area contributed by atoms with Gasteiger partial charge in [0.25, 0.3) is 0 Å². The summed E-state index contributed by atoms with van der Waals surface area (Å²) in [5.74, 6) is 0.176. The summed E-state index contributed by atoms with van der Waals surface area (Å²) >= 11 is 0. The van der Waals surface area contributed by atoms with Gasteiger partial charge in [0.1, 0.15) is 0 Å². The Bertz CT molecular complexity index is 696. The second-order valence-corrected chi connectivity index (χ2v) is 7.94. The van der Waals surface area contributed by atoms with Crippen molar-refractivity contribution in [3.05, 3.63) is 27.8 Å². The minimum Gasteiger partial charge on any atom is -0.483 e. The molecule has 1 aromatic rings. The maximum atomic E-state index is 11.8. The van der Waals surface area contributed by atoms with Crippen LogP contribution >= 0.6 is 0 Å². The quantitative estimate of drug-likeness (QED) is 0.606. The first-order valence-corrected chi connectivity index (χ1v) is 9.45. The van der Waals surface area contributed by atoms with Crippen LogP contribution in [0.2, 0.25) is 0 Å². The Hall–Kier alpha value is -1.83. The second-order valence-electron chi connectivity index (χ2n) is 5.92. The fourth-order valence-electron chi connectivity index (χ4n) is 2.83. The van der Waals surface area contributed by atoms with Crippen LogP contribution in [0.5, 0.6) is 5.75 Å². The molecule has 0 bridgehead atoms. The van der Waals surface area contributed by atoms with Crippen molar-refractivity contribution in [1.29, 1.82) is 0 Å². The Kier molecular flexibility index (Phi) is 5.13. The predicted molar refractivity (Wildman–Crippen MR) is 88.6 cm³/mol. The number of rotatable bonds is 5. The van der Waals surface area contributed by atoms with Gasteiger partial charge in [-0.1, -0.05) is 6.42 Å². The van der Waals surface area contributed by atoms with Crippen LogP contribution < -0.4 is 9.04 Å². The number of benzene rings is 1. The summed E-state index contributed by atoms with van der Waals surface area (Å²) in [6, 6.07) is 2.75. The molecule has 0 amide bonds. The van der Waals surface area contributed by atoms with Gasteiger partial charge in [-0.25, -0.2) is 8.42 Å². The average Bonchev–Trinajstić information content (AvgIpc) is 2.48. The lowest BCUT2D eigenvalue weighted by molar-refractivity contribution is -0.386. The van der Waals surface area contributed by atoms with E-state index in [1.54, 1.807) is 6.92 Å². The highest BCUT2D eigenvalue weighted by molar-refractivity contribution is 7.92. The Balaban J connectivity index is 2.45. The zero-order valence-corrected chi connectivity index (χ0v) is 14.4. The molecule has 1 aliphatic carbocycles. The largest absolute Gasteiger partial charge is 0.483 e. The summed E-state index contributed by atoms with van der Waals surface area (Å²) in [7, 11) is -2.03. The lowest BCUT2D eigenvalue weighted by atomic mass is 9.97. The van der Waals surface area contributed by atoms with Crippen LogP contribution in [0.4, 0.5) is 11.4 Å². The number of sulfonamides is 1. The molecule has 0 saturated heterocycles. The first kappa shape index (κ1) is 17.5. The van der Waals surface area contributed by atoms with Crippen molar-refractivity contribution in [2.75, 3.05) is 17.6 Å². The standard InChI is InChI=1S/C15H22N2O5S/c1-11-13(16(2)23(3,20)21)9-10-14(17(18)19)15(11)22-12-7-5-4-6-8-12/h9-10,12H,4-8H2,1-3H3. The molecule has 8 heteroatoms. The van der Waals surface area contributed by atoms with Crippen molar-refractivity contribution < 1.29 is 18.1 Å². The fourth-order valence-corrected chi connectivity index (χ4v) is 3.38. The monoisotopic (exact) mass is 342 g/mol. The maximum absolute atomic E-state index is 11.8. The molecule has 0 aromatic heterocycles. The molecule has 0 spiro atoms. The lowest BCUT2D eigenvalue weighted by Gasteiger charge is -2.25. The highest BCUT2D eigenvalue weighted by Crippen LogP contribution is 2.39. The van der Waals surface area contributed by atoms with Crippen LogP contribution in [0.15, 0.2) is 12.1 Å². The van der Waals surface area contributed by atoms with Gasteiger partial charge in [-0.2, -0.15) is 0 Å². The molecule has 2 rings (SSSR count). The van der Waals surface area contributed by atoms with Crippen LogP contribution in [0.1, 0.15) is 37.7 Å². The molecule has 1 aliphatic rings. The molecule has 1 fully saturated rings. The minimum absolute atomic E-state index is 0.0556. The zero-order valence-electron chi connectivity index (χ0n) is 13.6. The smallest absolute Gasteiger partial charge is 0.311 e. The van der Waals surface area contributed by atoms with Gasteiger partial charge in [0.15, 0.2) is 0 Å². The number of nitro groups is 1. The van der Waals surface area contributed by atoms with E-state index in [1.165, 1.54) is 19.2 Å². The Morgan fingerprint density at radius 2 is 1.87 bits per heavy atom. The third-order valence-electron chi connectivity index (χ3n) is 4.23. The highest BCUT2D eigenvalue weighted by atomic mass is 32.2. The van der Waals surface area contributed by atoms with E-state index in [4.69, 9.17) is 4.74 Å². The number of nitro benzene ring substituents is 1. The van der Waals surface area contributed by atoms with E-state index in [0.29, 0.717) is 11.3 Å². The summed E-state index contributed by atoms with van der Waals surface area (Å²) in [4.78, 5) is 10.8. The van der Waals surface area contributed by atoms with E-state index in [0.717, 1.165) is 42.7 Å². The zero-order chi connectivity index (χ0) is 17.2. The normalized spacial score (nSPS) is 16.1. The molecule has 7 nitrogen and oxygen atoms in total. The number of anilines is 1. The first-order valence-electron chi connectivity index (χ1n) is 7.60. The van der Waals surface area contributed by atoms with Crippen molar-refractivity contribution in [3.63, 3.8) is 0 Å². The van der Waals surface area contributed by atoms with Crippen LogP contribution in [0, 0.1) is 17.0 Å². The third-order valence-corrected chi connectivity index (χ3v) is 5.42. The summed E-state index contributed by atoms with van der Waals surface area (Å²) in [5.41, 5.74) is 0.736. The van der Waals surface area contributed by atoms with Crippen LogP contribution in [0.3, 0.4) is 0 Å². The predicted octanol–water partition coefficient (Wildman–Crippen LogP) is 3.01. The highest BCUT2D eigenvalue weighted by Gasteiger charge is 2.27. The van der Waals surface area contributed by atoms with E-state index in [2.05, 4.69) is 0 Å². The van der Waals surface area contributed by atoms with Crippen molar-refractivity contribution in [2.24, 2.45) is 0 Å². The van der Waals surface area contributed by atoms with Gasteiger partial charge >= 0.3 is 5.69 Å². The molecule has 23 heavy (non-hydrogen) atoms. The Morgan fingerprint density at radius 1 is 1.26 bits per heavy atom. The van der Waals surface area contributed by atoms with Gasteiger partial charge < -0.3 is 4.74 Å². The van der Waals surface area contributed by atoms with E-state index in [1.807, 2.05) is 0 Å². The second kappa shape index (κ2) is 6.74. The molecule has 0 atom stereocenters. The number of hydrogen-bond donors (Lipinski definition) is 0. The van der Waals surface area contributed by atoms with Crippen molar-refractivity contribution >= 4 is 21.4 Å². The van der Waals surface area contributed by atoms with E-state index >= 15 is 0 Å². The molecule has 128 valence electrons. The third kappa shape index (κ3) is 3.93. The van der Waals surface area contributed by atoms with E-state index < -0.39 is 14.9 Å². The van der Waals surface area contributed by atoms with Gasteiger partial charge in [-0.15, -0.1) is 0 Å². The minimum atomic E-state index is -3.45. The number of hydrogen-bond acceptors (Lipinski definition) is 5. The Morgan fingerprint density at radius 3 is 2.39 bits per heavy atom. The average molecular weight is 342 g/mol. The lowest BCUT2D eigenvalue weighted by Crippen LogP contribution is -2.26. The summed E-state index contributed by atoms with van der Waals surface area (Å²) in [6.07, 6.45) is 6.00. The molecule has 0 aliphatic heterocycles. The van der Waals surface area contributed by atoms with Gasteiger partial charge in [0, 0.05) is 18.7 Å². The van der Waals surface area contributed by atoms with Gasteiger partial charge in [-0.05, 0) is 38.7 Å². The molecule has 0 unspecified atom stereocenters. The topological polar surface area (TPSA) is 89.8 Å². The van der Waals surface area contributed by atoms with Crippen LogP contribution in [-0.4, -0.2) is 32.7 Å². The summed E-state index contributed by atoms with van der Waals surface area (Å²) in [6.45, 7) is 1.65. The number of nitrogens with zero attached hydrogens (tertiary/aromatic N) is 2.